The standard InChI is InChI=1S/C15H12F3NO/c1-10(20)8-11-2-4-12(5-3-11)13-9-19-7-6-14(13)15(16,17)18/h2-7,9H,8H2,1H3. The van der Waals surface area contributed by atoms with E-state index >= 15 is 0 Å². The molecule has 2 rings (SSSR count). The zero-order valence-electron chi connectivity index (χ0n) is 10.7. The predicted molar refractivity (Wildman–Crippen MR) is 69.1 cm³/mol. The molecule has 0 saturated heterocycles. The number of halogens is 3. The van der Waals surface area contributed by atoms with E-state index in [0.717, 1.165) is 17.8 Å². The highest BCUT2D eigenvalue weighted by Crippen LogP contribution is 2.36. The molecule has 0 atom stereocenters. The van der Waals surface area contributed by atoms with Gasteiger partial charge in [0, 0.05) is 24.4 Å². The summed E-state index contributed by atoms with van der Waals surface area (Å²) in [7, 11) is 0. The second-order valence-electron chi connectivity index (χ2n) is 4.49. The first-order valence-electron chi connectivity index (χ1n) is 5.98. The van der Waals surface area contributed by atoms with E-state index in [2.05, 4.69) is 4.98 Å². The van der Waals surface area contributed by atoms with Crippen LogP contribution in [0.4, 0.5) is 13.2 Å². The summed E-state index contributed by atoms with van der Waals surface area (Å²) in [5.74, 6) is 0.00936. The maximum absolute atomic E-state index is 12.9. The van der Waals surface area contributed by atoms with Crippen molar-refractivity contribution in [1.29, 1.82) is 0 Å². The molecular weight excluding hydrogens is 267 g/mol. The Morgan fingerprint density at radius 3 is 2.35 bits per heavy atom. The smallest absolute Gasteiger partial charge is 0.300 e. The van der Waals surface area contributed by atoms with Crippen LogP contribution in [0.25, 0.3) is 11.1 Å². The largest absolute Gasteiger partial charge is 0.417 e. The van der Waals surface area contributed by atoms with Gasteiger partial charge in [-0.1, -0.05) is 24.3 Å². The molecule has 0 aliphatic rings. The van der Waals surface area contributed by atoms with E-state index in [-0.39, 0.29) is 17.8 Å². The molecule has 0 bridgehead atoms. The van der Waals surface area contributed by atoms with Crippen LogP contribution in [0, 0.1) is 0 Å². The molecular formula is C15H12F3NO. The number of hydrogen-bond donors (Lipinski definition) is 0. The van der Waals surface area contributed by atoms with Crippen LogP contribution in [0.1, 0.15) is 18.1 Å². The SMILES string of the molecule is CC(=O)Cc1ccc(-c2cnccc2C(F)(F)F)cc1. The highest BCUT2D eigenvalue weighted by Gasteiger charge is 2.33. The molecule has 0 saturated carbocycles. The van der Waals surface area contributed by atoms with Gasteiger partial charge in [0.25, 0.3) is 0 Å². The Balaban J connectivity index is 2.40. The van der Waals surface area contributed by atoms with Crippen molar-refractivity contribution in [2.24, 2.45) is 0 Å². The lowest BCUT2D eigenvalue weighted by Gasteiger charge is -2.12. The number of aromatic nitrogens is 1. The Hall–Kier alpha value is -2.17. The number of Topliss-reactive ketones (excluding diaryl/α,β-unsaturated/α-hetero) is 1. The molecule has 1 aromatic carbocycles. The molecule has 0 fully saturated rings. The molecule has 0 radical (unpaired) electrons. The summed E-state index contributed by atoms with van der Waals surface area (Å²) >= 11 is 0. The van der Waals surface area contributed by atoms with Crippen molar-refractivity contribution in [2.75, 3.05) is 0 Å². The van der Waals surface area contributed by atoms with Crippen molar-refractivity contribution in [3.05, 3.63) is 53.9 Å². The van der Waals surface area contributed by atoms with Crippen LogP contribution < -0.4 is 0 Å². The van der Waals surface area contributed by atoms with Gasteiger partial charge in [-0.2, -0.15) is 13.2 Å². The molecule has 104 valence electrons. The zero-order valence-corrected chi connectivity index (χ0v) is 10.7. The summed E-state index contributed by atoms with van der Waals surface area (Å²) < 4.78 is 38.7. The van der Waals surface area contributed by atoms with Gasteiger partial charge in [0.15, 0.2) is 0 Å². The third-order valence-corrected chi connectivity index (χ3v) is 2.84. The first-order chi connectivity index (χ1) is 9.38. The fraction of sp³-hybridized carbons (Fsp3) is 0.200. The van der Waals surface area contributed by atoms with Gasteiger partial charge in [-0.15, -0.1) is 0 Å². The lowest BCUT2D eigenvalue weighted by Crippen LogP contribution is -2.07. The molecule has 1 heterocycles. The first-order valence-corrected chi connectivity index (χ1v) is 5.98. The Morgan fingerprint density at radius 2 is 1.80 bits per heavy atom. The van der Waals surface area contributed by atoms with E-state index in [1.165, 1.54) is 13.1 Å². The predicted octanol–water partition coefficient (Wildman–Crippen LogP) is 3.90. The van der Waals surface area contributed by atoms with Crippen LogP contribution in [0.15, 0.2) is 42.7 Å². The van der Waals surface area contributed by atoms with E-state index < -0.39 is 11.7 Å². The molecule has 2 nitrogen and oxygen atoms in total. The molecule has 2 aromatic rings. The highest BCUT2D eigenvalue weighted by atomic mass is 19.4. The number of benzene rings is 1. The van der Waals surface area contributed by atoms with Crippen molar-refractivity contribution < 1.29 is 18.0 Å². The van der Waals surface area contributed by atoms with Crippen molar-refractivity contribution in [3.63, 3.8) is 0 Å². The van der Waals surface area contributed by atoms with Gasteiger partial charge < -0.3 is 0 Å². The van der Waals surface area contributed by atoms with E-state index in [4.69, 9.17) is 0 Å². The molecule has 0 spiro atoms. The minimum atomic E-state index is -4.42. The van der Waals surface area contributed by atoms with E-state index in [1.54, 1.807) is 24.3 Å². The summed E-state index contributed by atoms with van der Waals surface area (Å²) in [4.78, 5) is 14.7. The Bertz CT molecular complexity index is 618. The van der Waals surface area contributed by atoms with Gasteiger partial charge in [0.2, 0.25) is 0 Å². The molecule has 0 aliphatic heterocycles. The number of ketones is 1. The van der Waals surface area contributed by atoms with Crippen LogP contribution >= 0.6 is 0 Å². The summed E-state index contributed by atoms with van der Waals surface area (Å²) in [6.07, 6.45) is -1.82. The number of carbonyl (C=O) groups excluding carboxylic acids is 1. The maximum atomic E-state index is 12.9. The summed E-state index contributed by atoms with van der Waals surface area (Å²) in [6.45, 7) is 1.47. The number of pyridine rings is 1. The van der Waals surface area contributed by atoms with Crippen LogP contribution in [0.5, 0.6) is 0 Å². The van der Waals surface area contributed by atoms with E-state index in [1.807, 2.05) is 0 Å². The van der Waals surface area contributed by atoms with Gasteiger partial charge >= 0.3 is 6.18 Å². The molecule has 0 aliphatic carbocycles. The van der Waals surface area contributed by atoms with Gasteiger partial charge in [-0.25, -0.2) is 0 Å². The molecule has 0 unspecified atom stereocenters. The number of rotatable bonds is 3. The Morgan fingerprint density at radius 1 is 1.15 bits per heavy atom. The van der Waals surface area contributed by atoms with Gasteiger partial charge in [-0.3, -0.25) is 9.78 Å². The van der Waals surface area contributed by atoms with Gasteiger partial charge in [-0.05, 0) is 24.1 Å². The lowest BCUT2D eigenvalue weighted by molar-refractivity contribution is -0.137. The fourth-order valence-corrected chi connectivity index (χ4v) is 1.96. The minimum Gasteiger partial charge on any atom is -0.300 e. The highest BCUT2D eigenvalue weighted by molar-refractivity contribution is 5.78. The average molecular weight is 279 g/mol. The number of hydrogen-bond acceptors (Lipinski definition) is 2. The third kappa shape index (κ3) is 3.23. The zero-order chi connectivity index (χ0) is 14.8. The summed E-state index contributed by atoms with van der Waals surface area (Å²) in [5.41, 5.74) is 0.526. The Kier molecular flexibility index (Phi) is 3.88. The topological polar surface area (TPSA) is 30.0 Å². The van der Waals surface area contributed by atoms with Crippen molar-refractivity contribution >= 4 is 5.78 Å². The van der Waals surface area contributed by atoms with Crippen molar-refractivity contribution in [1.82, 2.24) is 4.98 Å². The normalized spacial score (nSPS) is 11.4. The van der Waals surface area contributed by atoms with Gasteiger partial charge in [0.05, 0.1) is 5.56 Å². The van der Waals surface area contributed by atoms with Crippen LogP contribution in [0.2, 0.25) is 0 Å². The summed E-state index contributed by atoms with van der Waals surface area (Å²) in [6, 6.07) is 7.42. The van der Waals surface area contributed by atoms with Crippen LogP contribution in [0.3, 0.4) is 0 Å². The van der Waals surface area contributed by atoms with Crippen molar-refractivity contribution in [2.45, 2.75) is 19.5 Å². The Labute approximate surface area is 114 Å². The third-order valence-electron chi connectivity index (χ3n) is 2.84. The number of alkyl halides is 3. The first kappa shape index (κ1) is 14.2. The average Bonchev–Trinajstić information content (AvgIpc) is 2.38. The van der Waals surface area contributed by atoms with E-state index in [9.17, 15) is 18.0 Å². The van der Waals surface area contributed by atoms with E-state index in [0.29, 0.717) is 5.56 Å². The molecule has 0 N–H and O–H groups in total. The minimum absolute atomic E-state index is 0.00936. The lowest BCUT2D eigenvalue weighted by atomic mass is 9.99. The second-order valence-corrected chi connectivity index (χ2v) is 4.49. The molecule has 5 heteroatoms. The fourth-order valence-electron chi connectivity index (χ4n) is 1.96. The number of nitrogens with zero attached hydrogens (tertiary/aromatic N) is 1. The summed E-state index contributed by atoms with van der Waals surface area (Å²) in [5, 5.41) is 0. The van der Waals surface area contributed by atoms with Gasteiger partial charge in [0.1, 0.15) is 5.78 Å². The molecule has 1 aromatic heterocycles. The molecule has 0 amide bonds. The van der Waals surface area contributed by atoms with Crippen molar-refractivity contribution in [3.8, 4) is 11.1 Å². The maximum Gasteiger partial charge on any atom is 0.417 e. The van der Waals surface area contributed by atoms with Crippen LogP contribution in [-0.2, 0) is 17.4 Å². The second kappa shape index (κ2) is 5.45. The number of carbonyl (C=O) groups is 1. The molecule has 20 heavy (non-hydrogen) atoms. The monoisotopic (exact) mass is 279 g/mol. The quantitative estimate of drug-likeness (QED) is 0.853. The van der Waals surface area contributed by atoms with Crippen LogP contribution in [-0.4, -0.2) is 10.8 Å².